The lowest BCUT2D eigenvalue weighted by molar-refractivity contribution is 0.0414. The first-order valence-corrected chi connectivity index (χ1v) is 7.66. The topological polar surface area (TPSA) is 29.5 Å². The molecule has 1 aliphatic rings. The van der Waals surface area contributed by atoms with Crippen LogP contribution < -0.4 is 4.74 Å². The number of aliphatic hydroxyl groups excluding tert-OH is 1. The van der Waals surface area contributed by atoms with Crippen LogP contribution in [0.25, 0.3) is 0 Å². The van der Waals surface area contributed by atoms with Gasteiger partial charge in [-0.15, -0.1) is 0 Å². The fourth-order valence-corrected chi connectivity index (χ4v) is 3.42. The molecule has 2 rings (SSSR count). The minimum absolute atomic E-state index is 0.214. The van der Waals surface area contributed by atoms with E-state index >= 15 is 0 Å². The predicted molar refractivity (Wildman–Crippen MR) is 79.5 cm³/mol. The molecule has 1 aromatic carbocycles. The van der Waals surface area contributed by atoms with Gasteiger partial charge < -0.3 is 9.84 Å². The van der Waals surface area contributed by atoms with Crippen molar-refractivity contribution in [3.63, 3.8) is 0 Å². The smallest absolute Gasteiger partial charge is 0.156 e. The minimum atomic E-state index is -0.469. The molecule has 2 nitrogen and oxygen atoms in total. The Labute approximate surface area is 128 Å². The van der Waals surface area contributed by atoms with Gasteiger partial charge in [0.25, 0.3) is 0 Å². The fourth-order valence-electron chi connectivity index (χ4n) is 2.49. The highest BCUT2D eigenvalue weighted by molar-refractivity contribution is 6.40. The zero-order chi connectivity index (χ0) is 13.8. The van der Waals surface area contributed by atoms with Gasteiger partial charge in [0.1, 0.15) is 6.61 Å². The third-order valence-corrected chi connectivity index (χ3v) is 4.34. The number of hydrogen-bond donors (Lipinski definition) is 1. The molecule has 0 heterocycles. The second-order valence-electron chi connectivity index (χ2n) is 4.98. The summed E-state index contributed by atoms with van der Waals surface area (Å²) >= 11 is 17.9. The zero-order valence-corrected chi connectivity index (χ0v) is 12.8. The van der Waals surface area contributed by atoms with Crippen molar-refractivity contribution in [2.24, 2.45) is 5.92 Å². The number of hydrogen-bond acceptors (Lipinski definition) is 2. The minimum Gasteiger partial charge on any atom is -0.488 e. The Kier molecular flexibility index (Phi) is 5.64. The molecule has 1 fully saturated rings. The molecule has 0 bridgehead atoms. The molecule has 1 aliphatic carbocycles. The van der Waals surface area contributed by atoms with Crippen molar-refractivity contribution in [1.29, 1.82) is 0 Å². The fraction of sp³-hybridized carbons (Fsp3) is 0.571. The van der Waals surface area contributed by atoms with E-state index in [0.29, 0.717) is 26.7 Å². The summed E-state index contributed by atoms with van der Waals surface area (Å²) in [5.41, 5.74) is 0. The number of aliphatic hydroxyl groups is 1. The molecule has 1 aromatic rings. The Hall–Kier alpha value is -0.150. The summed E-state index contributed by atoms with van der Waals surface area (Å²) in [7, 11) is 0. The molecule has 0 radical (unpaired) electrons. The molecule has 0 saturated heterocycles. The molecule has 0 aliphatic heterocycles. The van der Waals surface area contributed by atoms with Gasteiger partial charge in [-0.2, -0.15) is 0 Å². The summed E-state index contributed by atoms with van der Waals surface area (Å²) in [6, 6.07) is 3.16. The van der Waals surface area contributed by atoms with Gasteiger partial charge in [-0.25, -0.2) is 0 Å². The summed E-state index contributed by atoms with van der Waals surface area (Å²) in [6.07, 6.45) is 5.29. The van der Waals surface area contributed by atoms with Gasteiger partial charge in [-0.1, -0.05) is 54.1 Å². The van der Waals surface area contributed by atoms with Gasteiger partial charge in [-0.05, 0) is 30.9 Å². The van der Waals surface area contributed by atoms with Crippen molar-refractivity contribution in [2.75, 3.05) is 6.61 Å². The van der Waals surface area contributed by atoms with E-state index in [4.69, 9.17) is 39.5 Å². The number of rotatable bonds is 4. The van der Waals surface area contributed by atoms with E-state index in [9.17, 15) is 5.11 Å². The Balaban J connectivity index is 1.94. The Morgan fingerprint density at radius 3 is 2.26 bits per heavy atom. The quantitative estimate of drug-likeness (QED) is 0.848. The standard InChI is InChI=1S/C14H17Cl3O2/c15-10-6-11(16)14(12(17)7-10)19-8-13(18)9-4-2-1-3-5-9/h6-7,9,13,18H,1-5,8H2. The van der Waals surface area contributed by atoms with Gasteiger partial charge in [0.05, 0.1) is 16.1 Å². The summed E-state index contributed by atoms with van der Waals surface area (Å²) < 4.78 is 5.57. The van der Waals surface area contributed by atoms with Gasteiger partial charge in [0, 0.05) is 5.02 Å². The van der Waals surface area contributed by atoms with Crippen molar-refractivity contribution in [2.45, 2.75) is 38.2 Å². The third kappa shape index (κ3) is 4.16. The van der Waals surface area contributed by atoms with E-state index in [-0.39, 0.29) is 6.61 Å². The van der Waals surface area contributed by atoms with Crippen LogP contribution in [-0.2, 0) is 0 Å². The average Bonchev–Trinajstić information content (AvgIpc) is 2.38. The number of halogens is 3. The summed E-state index contributed by atoms with van der Waals surface area (Å²) in [5.74, 6) is 0.709. The molecule has 0 spiro atoms. The van der Waals surface area contributed by atoms with Gasteiger partial charge in [-0.3, -0.25) is 0 Å². The lowest BCUT2D eigenvalue weighted by atomic mass is 9.85. The van der Waals surface area contributed by atoms with Crippen molar-refractivity contribution in [3.05, 3.63) is 27.2 Å². The highest BCUT2D eigenvalue weighted by Crippen LogP contribution is 2.36. The van der Waals surface area contributed by atoms with Crippen LogP contribution in [0.1, 0.15) is 32.1 Å². The molecule has 1 atom stereocenters. The van der Waals surface area contributed by atoms with Gasteiger partial charge in [0.2, 0.25) is 0 Å². The number of benzene rings is 1. The van der Waals surface area contributed by atoms with Crippen LogP contribution in [0, 0.1) is 5.92 Å². The molecular formula is C14H17Cl3O2. The average molecular weight is 324 g/mol. The predicted octanol–water partition coefficient (Wildman–Crippen LogP) is 4.97. The lowest BCUT2D eigenvalue weighted by Crippen LogP contribution is -2.29. The van der Waals surface area contributed by atoms with Crippen LogP contribution in [0.4, 0.5) is 0 Å². The molecule has 106 valence electrons. The summed E-state index contributed by atoms with van der Waals surface area (Å²) in [6.45, 7) is 0.214. The van der Waals surface area contributed by atoms with E-state index < -0.39 is 6.10 Å². The molecule has 1 N–H and O–H groups in total. The van der Waals surface area contributed by atoms with Crippen LogP contribution in [0.5, 0.6) is 5.75 Å². The number of ether oxygens (including phenoxy) is 1. The molecule has 1 saturated carbocycles. The highest BCUT2D eigenvalue weighted by Gasteiger charge is 2.22. The first-order valence-electron chi connectivity index (χ1n) is 6.53. The van der Waals surface area contributed by atoms with E-state index in [1.54, 1.807) is 12.1 Å². The van der Waals surface area contributed by atoms with Crippen molar-refractivity contribution in [1.82, 2.24) is 0 Å². The first kappa shape index (κ1) is 15.2. The SMILES string of the molecule is OC(COc1c(Cl)cc(Cl)cc1Cl)C1CCCCC1. The van der Waals surface area contributed by atoms with Crippen molar-refractivity contribution >= 4 is 34.8 Å². The molecule has 5 heteroatoms. The lowest BCUT2D eigenvalue weighted by Gasteiger charge is -2.26. The molecular weight excluding hydrogens is 307 g/mol. The van der Waals surface area contributed by atoms with E-state index in [0.717, 1.165) is 12.8 Å². The first-order chi connectivity index (χ1) is 9.08. The maximum absolute atomic E-state index is 10.1. The van der Waals surface area contributed by atoms with Crippen LogP contribution >= 0.6 is 34.8 Å². The highest BCUT2D eigenvalue weighted by atomic mass is 35.5. The Morgan fingerprint density at radius 2 is 1.68 bits per heavy atom. The normalized spacial score (nSPS) is 18.3. The molecule has 0 aromatic heterocycles. The second kappa shape index (κ2) is 7.03. The summed E-state index contributed by atoms with van der Waals surface area (Å²) in [4.78, 5) is 0. The maximum atomic E-state index is 10.1. The van der Waals surface area contributed by atoms with Crippen LogP contribution in [0.2, 0.25) is 15.1 Å². The largest absolute Gasteiger partial charge is 0.488 e. The zero-order valence-electron chi connectivity index (χ0n) is 10.5. The Morgan fingerprint density at radius 1 is 1.11 bits per heavy atom. The Bertz CT molecular complexity index is 408. The van der Waals surface area contributed by atoms with Crippen LogP contribution in [-0.4, -0.2) is 17.8 Å². The van der Waals surface area contributed by atoms with Crippen molar-refractivity contribution < 1.29 is 9.84 Å². The molecule has 0 amide bonds. The van der Waals surface area contributed by atoms with Crippen molar-refractivity contribution in [3.8, 4) is 5.75 Å². The second-order valence-corrected chi connectivity index (χ2v) is 6.23. The molecule has 19 heavy (non-hydrogen) atoms. The van der Waals surface area contributed by atoms with Gasteiger partial charge in [0.15, 0.2) is 5.75 Å². The van der Waals surface area contributed by atoms with E-state index in [1.165, 1.54) is 19.3 Å². The van der Waals surface area contributed by atoms with E-state index in [2.05, 4.69) is 0 Å². The van der Waals surface area contributed by atoms with Crippen LogP contribution in [0.3, 0.4) is 0 Å². The third-order valence-electron chi connectivity index (χ3n) is 3.56. The van der Waals surface area contributed by atoms with Gasteiger partial charge >= 0.3 is 0 Å². The monoisotopic (exact) mass is 322 g/mol. The maximum Gasteiger partial charge on any atom is 0.156 e. The van der Waals surface area contributed by atoms with E-state index in [1.807, 2.05) is 0 Å². The van der Waals surface area contributed by atoms with Crippen LogP contribution in [0.15, 0.2) is 12.1 Å². The summed E-state index contributed by atoms with van der Waals surface area (Å²) in [5, 5.41) is 11.3. The molecule has 1 unspecified atom stereocenters.